The Morgan fingerprint density at radius 1 is 1.35 bits per heavy atom. The molecule has 1 aromatic carbocycles. The number of hydrogen-bond donors (Lipinski definition) is 1. The van der Waals surface area contributed by atoms with E-state index in [9.17, 15) is 14.0 Å². The Hall–Kier alpha value is -1.91. The van der Waals surface area contributed by atoms with E-state index in [4.69, 9.17) is 0 Å². The molecule has 5 heteroatoms. The number of nitrogens with one attached hydrogen (secondary N) is 1. The molecule has 4 nitrogen and oxygen atoms in total. The van der Waals surface area contributed by atoms with Crippen LogP contribution in [0.5, 0.6) is 0 Å². The lowest BCUT2D eigenvalue weighted by atomic mass is 9.89. The fourth-order valence-electron chi connectivity index (χ4n) is 2.86. The smallest absolute Gasteiger partial charge is 0.253 e. The van der Waals surface area contributed by atoms with Gasteiger partial charge in [0.2, 0.25) is 5.91 Å². The molecule has 3 rings (SSSR count). The highest BCUT2D eigenvalue weighted by Crippen LogP contribution is 2.43. The number of carbonyl (C=O) groups is 2. The van der Waals surface area contributed by atoms with E-state index in [2.05, 4.69) is 5.32 Å². The van der Waals surface area contributed by atoms with Crippen LogP contribution in [0, 0.1) is 11.7 Å². The van der Waals surface area contributed by atoms with Gasteiger partial charge in [-0.25, -0.2) is 4.39 Å². The van der Waals surface area contributed by atoms with Crippen molar-refractivity contribution in [2.75, 3.05) is 4.90 Å². The topological polar surface area (TPSA) is 49.4 Å². The average Bonchev–Trinajstić information content (AvgIpc) is 3.21. The lowest BCUT2D eigenvalue weighted by Crippen LogP contribution is -2.69. The number of benzene rings is 1. The number of piperazine rings is 1. The van der Waals surface area contributed by atoms with Crippen LogP contribution in [0.15, 0.2) is 24.3 Å². The van der Waals surface area contributed by atoms with E-state index >= 15 is 0 Å². The van der Waals surface area contributed by atoms with Crippen LogP contribution in [0.4, 0.5) is 10.1 Å². The van der Waals surface area contributed by atoms with Crippen LogP contribution in [0.2, 0.25) is 0 Å². The van der Waals surface area contributed by atoms with E-state index < -0.39 is 17.4 Å². The summed E-state index contributed by atoms with van der Waals surface area (Å²) in [5.41, 5.74) is -0.431. The Labute approximate surface area is 117 Å². The first-order chi connectivity index (χ1) is 9.43. The van der Waals surface area contributed by atoms with Gasteiger partial charge in [0.1, 0.15) is 17.4 Å². The number of carbonyl (C=O) groups excluding carboxylic acids is 2. The molecule has 2 amide bonds. The van der Waals surface area contributed by atoms with Crippen molar-refractivity contribution in [3.63, 3.8) is 0 Å². The van der Waals surface area contributed by atoms with Gasteiger partial charge in [-0.1, -0.05) is 6.07 Å². The molecule has 106 valence electrons. The minimum Gasteiger partial charge on any atom is -0.340 e. The molecule has 2 unspecified atom stereocenters. The lowest BCUT2D eigenvalue weighted by Gasteiger charge is -2.43. The van der Waals surface area contributed by atoms with Crippen molar-refractivity contribution in [1.29, 1.82) is 0 Å². The summed E-state index contributed by atoms with van der Waals surface area (Å²) < 4.78 is 13.4. The molecule has 0 aromatic heterocycles. The predicted octanol–water partition coefficient (Wildman–Crippen LogP) is 1.85. The highest BCUT2D eigenvalue weighted by molar-refractivity contribution is 6.10. The molecule has 2 fully saturated rings. The van der Waals surface area contributed by atoms with Gasteiger partial charge in [-0.2, -0.15) is 0 Å². The molecular weight excluding hydrogens is 259 g/mol. The largest absolute Gasteiger partial charge is 0.340 e. The summed E-state index contributed by atoms with van der Waals surface area (Å²) in [6, 6.07) is 5.19. The van der Waals surface area contributed by atoms with E-state index in [1.807, 2.05) is 0 Å². The molecule has 1 saturated heterocycles. The molecule has 20 heavy (non-hydrogen) atoms. The molecule has 2 aliphatic rings. The molecule has 1 aliphatic carbocycles. The third kappa shape index (κ3) is 1.88. The first-order valence-electron chi connectivity index (χ1n) is 6.85. The molecule has 1 saturated carbocycles. The van der Waals surface area contributed by atoms with E-state index in [1.165, 1.54) is 17.0 Å². The molecule has 1 aliphatic heterocycles. The molecule has 0 spiro atoms. The van der Waals surface area contributed by atoms with Crippen molar-refractivity contribution in [1.82, 2.24) is 5.32 Å². The van der Waals surface area contributed by atoms with Gasteiger partial charge in [-0.05, 0) is 50.8 Å². The number of nitrogens with zero attached hydrogens (tertiary/aromatic N) is 1. The van der Waals surface area contributed by atoms with E-state index in [1.54, 1.807) is 26.0 Å². The number of halogens is 1. The Morgan fingerprint density at radius 2 is 2.05 bits per heavy atom. The van der Waals surface area contributed by atoms with Crippen molar-refractivity contribution in [3.05, 3.63) is 30.1 Å². The van der Waals surface area contributed by atoms with Crippen molar-refractivity contribution >= 4 is 17.5 Å². The summed E-state index contributed by atoms with van der Waals surface area (Å²) in [6.45, 7) is 3.42. The lowest BCUT2D eigenvalue weighted by molar-refractivity contribution is -0.138. The summed E-state index contributed by atoms with van der Waals surface area (Å²) in [7, 11) is 0. The van der Waals surface area contributed by atoms with Gasteiger partial charge in [0, 0.05) is 5.69 Å². The first kappa shape index (κ1) is 13.1. The van der Waals surface area contributed by atoms with Crippen LogP contribution in [0.25, 0.3) is 0 Å². The second-order valence-corrected chi connectivity index (χ2v) is 5.80. The highest BCUT2D eigenvalue weighted by atomic mass is 19.1. The van der Waals surface area contributed by atoms with Crippen LogP contribution in [-0.4, -0.2) is 23.4 Å². The SMILES string of the molecule is CC1C(=O)NC(C)(C2CC2)C(=O)N1c1cccc(F)c1. The van der Waals surface area contributed by atoms with E-state index in [-0.39, 0.29) is 17.7 Å². The zero-order valence-corrected chi connectivity index (χ0v) is 11.5. The molecule has 0 radical (unpaired) electrons. The van der Waals surface area contributed by atoms with Crippen LogP contribution in [0.3, 0.4) is 0 Å². The Bertz CT molecular complexity index is 585. The fourth-order valence-corrected chi connectivity index (χ4v) is 2.86. The van der Waals surface area contributed by atoms with Crippen molar-refractivity contribution in [2.45, 2.75) is 38.3 Å². The van der Waals surface area contributed by atoms with Gasteiger partial charge < -0.3 is 5.32 Å². The fraction of sp³-hybridized carbons (Fsp3) is 0.467. The van der Waals surface area contributed by atoms with Gasteiger partial charge in [0.05, 0.1) is 0 Å². The third-order valence-electron chi connectivity index (χ3n) is 4.29. The number of amides is 2. The average molecular weight is 276 g/mol. The van der Waals surface area contributed by atoms with E-state index in [0.29, 0.717) is 5.69 Å². The van der Waals surface area contributed by atoms with Gasteiger partial charge >= 0.3 is 0 Å². The molecule has 1 aromatic rings. The van der Waals surface area contributed by atoms with Gasteiger partial charge in [0.25, 0.3) is 5.91 Å². The molecule has 2 atom stereocenters. The van der Waals surface area contributed by atoms with Gasteiger partial charge in [-0.15, -0.1) is 0 Å². The maximum absolute atomic E-state index is 13.4. The Morgan fingerprint density at radius 3 is 2.65 bits per heavy atom. The minimum absolute atomic E-state index is 0.155. The van der Waals surface area contributed by atoms with Crippen molar-refractivity contribution in [2.24, 2.45) is 5.92 Å². The summed E-state index contributed by atoms with van der Waals surface area (Å²) in [5, 5.41) is 2.84. The quantitative estimate of drug-likeness (QED) is 0.896. The van der Waals surface area contributed by atoms with Crippen LogP contribution >= 0.6 is 0 Å². The second kappa shape index (κ2) is 4.30. The summed E-state index contributed by atoms with van der Waals surface area (Å²) >= 11 is 0. The molecule has 1 N–H and O–H groups in total. The number of hydrogen-bond acceptors (Lipinski definition) is 2. The minimum atomic E-state index is -0.865. The molecular formula is C15H17FN2O2. The highest BCUT2D eigenvalue weighted by Gasteiger charge is 2.54. The van der Waals surface area contributed by atoms with Crippen LogP contribution < -0.4 is 10.2 Å². The number of anilines is 1. The normalized spacial score (nSPS) is 30.4. The first-order valence-corrected chi connectivity index (χ1v) is 6.85. The van der Waals surface area contributed by atoms with Crippen LogP contribution in [-0.2, 0) is 9.59 Å². The molecule has 1 heterocycles. The monoisotopic (exact) mass is 276 g/mol. The summed E-state index contributed by atoms with van der Waals surface area (Å²) in [4.78, 5) is 26.4. The zero-order valence-electron chi connectivity index (χ0n) is 11.5. The Kier molecular flexibility index (Phi) is 2.81. The third-order valence-corrected chi connectivity index (χ3v) is 4.29. The second-order valence-electron chi connectivity index (χ2n) is 5.80. The van der Waals surface area contributed by atoms with Crippen molar-refractivity contribution in [3.8, 4) is 0 Å². The maximum Gasteiger partial charge on any atom is 0.253 e. The van der Waals surface area contributed by atoms with E-state index in [0.717, 1.165) is 12.8 Å². The van der Waals surface area contributed by atoms with Crippen molar-refractivity contribution < 1.29 is 14.0 Å². The molecule has 0 bridgehead atoms. The van der Waals surface area contributed by atoms with Gasteiger partial charge in [0.15, 0.2) is 0 Å². The standard InChI is InChI=1S/C15H17FN2O2/c1-9-13(19)17-15(2,10-6-7-10)14(20)18(9)12-5-3-4-11(16)8-12/h3-5,8-10H,6-7H2,1-2H3,(H,17,19). The van der Waals surface area contributed by atoms with Gasteiger partial charge in [-0.3, -0.25) is 14.5 Å². The van der Waals surface area contributed by atoms with Crippen LogP contribution in [0.1, 0.15) is 26.7 Å². The predicted molar refractivity (Wildman–Crippen MR) is 72.6 cm³/mol. The maximum atomic E-state index is 13.4. The Balaban J connectivity index is 2.02. The summed E-state index contributed by atoms with van der Waals surface area (Å²) in [6.07, 6.45) is 1.88. The zero-order chi connectivity index (χ0) is 14.5. The number of rotatable bonds is 2. The summed E-state index contributed by atoms with van der Waals surface area (Å²) in [5.74, 6) is -0.579.